The number of aliphatic carboxylic acids is 1. The second-order valence-electron chi connectivity index (χ2n) is 6.01. The molecule has 0 fully saturated rings. The third-order valence-electron chi connectivity index (χ3n) is 4.54. The fraction of sp³-hybridized carbons (Fsp3) is 0.167. The summed E-state index contributed by atoms with van der Waals surface area (Å²) in [4.78, 5) is 14.9. The Morgan fingerprint density at radius 2 is 1.88 bits per heavy atom. The van der Waals surface area contributed by atoms with Gasteiger partial charge in [-0.3, -0.25) is 10.1 Å². The van der Waals surface area contributed by atoms with Crippen LogP contribution in [0.2, 0.25) is 0 Å². The quantitative estimate of drug-likeness (QED) is 0.465. The molecule has 6 nitrogen and oxygen atoms in total. The van der Waals surface area contributed by atoms with E-state index in [-0.39, 0.29) is 11.5 Å². The van der Waals surface area contributed by atoms with Gasteiger partial charge in [0.1, 0.15) is 6.04 Å². The number of aromatic hydroxyl groups is 2. The molecule has 122 valence electrons. The number of hydrogen-bond acceptors (Lipinski definition) is 4. The standard InChI is InChI=1S/C18H16N2O4/c21-14-6-5-9(7-15(14)22)16-17-11(8-13(20-16)18(23)24)10-3-1-2-4-12(10)19-17/h1-7,13,16,19-22H,8H2,(H,23,24)/t13-,16+/m0/s1. The first kappa shape index (κ1) is 14.6. The van der Waals surface area contributed by atoms with Gasteiger partial charge in [0.05, 0.1) is 6.04 Å². The average molecular weight is 324 g/mol. The van der Waals surface area contributed by atoms with Crippen LogP contribution in [0.15, 0.2) is 42.5 Å². The van der Waals surface area contributed by atoms with E-state index in [1.807, 2.05) is 24.3 Å². The molecular weight excluding hydrogens is 308 g/mol. The molecule has 0 saturated heterocycles. The van der Waals surface area contributed by atoms with Crippen LogP contribution >= 0.6 is 0 Å². The zero-order valence-electron chi connectivity index (χ0n) is 12.7. The molecule has 0 bridgehead atoms. The number of phenols is 2. The van der Waals surface area contributed by atoms with Crippen molar-refractivity contribution in [2.75, 3.05) is 0 Å². The summed E-state index contributed by atoms with van der Waals surface area (Å²) in [6, 6.07) is 11.2. The van der Waals surface area contributed by atoms with Gasteiger partial charge in [-0.05, 0) is 29.3 Å². The number of H-pyrrole nitrogens is 1. The summed E-state index contributed by atoms with van der Waals surface area (Å²) in [5.41, 5.74) is 3.49. The zero-order valence-corrected chi connectivity index (χ0v) is 12.7. The van der Waals surface area contributed by atoms with Gasteiger partial charge < -0.3 is 20.3 Å². The van der Waals surface area contributed by atoms with Gasteiger partial charge in [-0.25, -0.2) is 0 Å². The van der Waals surface area contributed by atoms with Gasteiger partial charge in [0.25, 0.3) is 0 Å². The lowest BCUT2D eigenvalue weighted by atomic mass is 9.90. The van der Waals surface area contributed by atoms with Crippen LogP contribution in [-0.2, 0) is 11.2 Å². The molecule has 2 atom stereocenters. The topological polar surface area (TPSA) is 106 Å². The van der Waals surface area contributed by atoms with Crippen molar-refractivity contribution in [3.8, 4) is 11.5 Å². The number of para-hydroxylation sites is 1. The van der Waals surface area contributed by atoms with E-state index in [9.17, 15) is 20.1 Å². The number of carboxylic acids is 1. The summed E-state index contributed by atoms with van der Waals surface area (Å²) in [5.74, 6) is -1.36. The third-order valence-corrected chi connectivity index (χ3v) is 4.54. The van der Waals surface area contributed by atoms with E-state index in [2.05, 4.69) is 10.3 Å². The van der Waals surface area contributed by atoms with Crippen molar-refractivity contribution in [1.82, 2.24) is 10.3 Å². The molecule has 0 saturated carbocycles. The molecule has 0 amide bonds. The molecule has 0 radical (unpaired) electrons. The van der Waals surface area contributed by atoms with E-state index < -0.39 is 18.1 Å². The van der Waals surface area contributed by atoms with Crippen LogP contribution < -0.4 is 5.32 Å². The Bertz CT molecular complexity index is 947. The first-order valence-corrected chi connectivity index (χ1v) is 7.65. The first-order chi connectivity index (χ1) is 11.5. The van der Waals surface area contributed by atoms with Gasteiger partial charge >= 0.3 is 5.97 Å². The van der Waals surface area contributed by atoms with Crippen LogP contribution in [0.5, 0.6) is 11.5 Å². The minimum absolute atomic E-state index is 0.207. The molecule has 0 aliphatic carbocycles. The highest BCUT2D eigenvalue weighted by Crippen LogP contribution is 2.37. The summed E-state index contributed by atoms with van der Waals surface area (Å²) >= 11 is 0. The van der Waals surface area contributed by atoms with Crippen LogP contribution in [0.25, 0.3) is 10.9 Å². The Labute approximate surface area is 137 Å². The number of phenolic OH excluding ortho intramolecular Hbond substituents is 2. The van der Waals surface area contributed by atoms with Gasteiger partial charge in [0.2, 0.25) is 0 Å². The molecule has 0 spiro atoms. The molecule has 24 heavy (non-hydrogen) atoms. The lowest BCUT2D eigenvalue weighted by molar-refractivity contribution is -0.139. The van der Waals surface area contributed by atoms with Gasteiger partial charge in [-0.15, -0.1) is 0 Å². The monoisotopic (exact) mass is 324 g/mol. The summed E-state index contributed by atoms with van der Waals surface area (Å²) in [5, 5.41) is 32.9. The number of nitrogens with one attached hydrogen (secondary N) is 2. The molecular formula is C18H16N2O4. The minimum Gasteiger partial charge on any atom is -0.504 e. The Morgan fingerprint density at radius 1 is 1.08 bits per heavy atom. The lowest BCUT2D eigenvalue weighted by Crippen LogP contribution is -2.44. The number of benzene rings is 2. The summed E-state index contributed by atoms with van der Waals surface area (Å²) < 4.78 is 0. The Hall–Kier alpha value is -2.99. The second-order valence-corrected chi connectivity index (χ2v) is 6.01. The highest BCUT2D eigenvalue weighted by Gasteiger charge is 2.34. The molecule has 3 aromatic rings. The predicted molar refractivity (Wildman–Crippen MR) is 88.2 cm³/mol. The van der Waals surface area contributed by atoms with Crippen molar-refractivity contribution in [3.05, 3.63) is 59.3 Å². The van der Waals surface area contributed by atoms with Crippen molar-refractivity contribution in [2.24, 2.45) is 0 Å². The van der Waals surface area contributed by atoms with E-state index in [4.69, 9.17) is 0 Å². The number of aromatic amines is 1. The van der Waals surface area contributed by atoms with Crippen molar-refractivity contribution in [1.29, 1.82) is 0 Å². The van der Waals surface area contributed by atoms with Crippen molar-refractivity contribution in [2.45, 2.75) is 18.5 Å². The van der Waals surface area contributed by atoms with Gasteiger partial charge in [0, 0.05) is 23.0 Å². The maximum absolute atomic E-state index is 11.6. The van der Waals surface area contributed by atoms with Crippen LogP contribution in [0.4, 0.5) is 0 Å². The van der Waals surface area contributed by atoms with Crippen LogP contribution in [0.1, 0.15) is 22.9 Å². The summed E-state index contributed by atoms with van der Waals surface area (Å²) in [7, 11) is 0. The largest absolute Gasteiger partial charge is 0.504 e. The second kappa shape index (κ2) is 5.28. The van der Waals surface area contributed by atoms with Crippen LogP contribution in [-0.4, -0.2) is 32.3 Å². The molecule has 1 aliphatic heterocycles. The molecule has 2 heterocycles. The molecule has 0 unspecified atom stereocenters. The van der Waals surface area contributed by atoms with E-state index in [0.29, 0.717) is 12.0 Å². The number of rotatable bonds is 2. The average Bonchev–Trinajstić information content (AvgIpc) is 2.95. The number of aromatic nitrogens is 1. The third kappa shape index (κ3) is 2.19. The Kier molecular flexibility index (Phi) is 3.21. The lowest BCUT2D eigenvalue weighted by Gasteiger charge is -2.29. The molecule has 1 aliphatic rings. The van der Waals surface area contributed by atoms with Crippen LogP contribution in [0, 0.1) is 0 Å². The molecule has 5 N–H and O–H groups in total. The highest BCUT2D eigenvalue weighted by molar-refractivity contribution is 5.87. The SMILES string of the molecule is O=C(O)[C@@H]1Cc2c([nH]c3ccccc23)[C@@H](c2ccc(O)c(O)c2)N1. The summed E-state index contributed by atoms with van der Waals surface area (Å²) in [6.45, 7) is 0. The number of carboxylic acid groups (broad SMARTS) is 1. The van der Waals surface area contributed by atoms with E-state index >= 15 is 0 Å². The van der Waals surface area contributed by atoms with Gasteiger partial charge in [-0.1, -0.05) is 24.3 Å². The first-order valence-electron chi connectivity index (χ1n) is 7.65. The molecule has 4 rings (SSSR count). The summed E-state index contributed by atoms with van der Waals surface area (Å²) in [6.07, 6.45) is 0.384. The smallest absolute Gasteiger partial charge is 0.321 e. The fourth-order valence-electron chi connectivity index (χ4n) is 3.38. The molecule has 2 aromatic carbocycles. The van der Waals surface area contributed by atoms with E-state index in [0.717, 1.165) is 22.2 Å². The number of fused-ring (bicyclic) bond motifs is 3. The molecule has 1 aromatic heterocycles. The van der Waals surface area contributed by atoms with Crippen molar-refractivity contribution < 1.29 is 20.1 Å². The zero-order chi connectivity index (χ0) is 16.8. The van der Waals surface area contributed by atoms with Gasteiger partial charge in [-0.2, -0.15) is 0 Å². The Balaban J connectivity index is 1.90. The normalized spacial score (nSPS) is 20.0. The molecule has 6 heteroatoms. The van der Waals surface area contributed by atoms with Crippen molar-refractivity contribution in [3.63, 3.8) is 0 Å². The Morgan fingerprint density at radius 3 is 2.62 bits per heavy atom. The van der Waals surface area contributed by atoms with Crippen LogP contribution in [0.3, 0.4) is 0 Å². The minimum atomic E-state index is -0.918. The maximum Gasteiger partial charge on any atom is 0.321 e. The fourth-order valence-corrected chi connectivity index (χ4v) is 3.38. The van der Waals surface area contributed by atoms with E-state index in [1.165, 1.54) is 12.1 Å². The highest BCUT2D eigenvalue weighted by atomic mass is 16.4. The number of hydrogen-bond donors (Lipinski definition) is 5. The number of carbonyl (C=O) groups is 1. The maximum atomic E-state index is 11.6. The van der Waals surface area contributed by atoms with E-state index in [1.54, 1.807) is 6.07 Å². The van der Waals surface area contributed by atoms with Gasteiger partial charge in [0.15, 0.2) is 11.5 Å². The van der Waals surface area contributed by atoms with Crippen molar-refractivity contribution >= 4 is 16.9 Å². The predicted octanol–water partition coefficient (Wildman–Crippen LogP) is 2.27.